The van der Waals surface area contributed by atoms with Crippen LogP contribution in [0.1, 0.15) is 11.7 Å². The van der Waals surface area contributed by atoms with Crippen LogP contribution in [0.2, 0.25) is 0 Å². The number of aromatic nitrogens is 2. The predicted octanol–water partition coefficient (Wildman–Crippen LogP) is -2.47. The Bertz CT molecular complexity index is 657. The number of aliphatic hydroxyl groups is 3. The van der Waals surface area contributed by atoms with Gasteiger partial charge in [0.1, 0.15) is 24.4 Å². The number of nitrogens with zero attached hydrogens (tertiary/aromatic N) is 2. The van der Waals surface area contributed by atoms with Gasteiger partial charge in [0.25, 0.3) is 5.56 Å². The zero-order valence-electron chi connectivity index (χ0n) is 11.2. The van der Waals surface area contributed by atoms with Crippen LogP contribution in [0.3, 0.4) is 0 Å². The molecular weight excluding hydrogens is 298 g/mol. The highest BCUT2D eigenvalue weighted by molar-refractivity contribution is 5.83. The van der Waals surface area contributed by atoms with Crippen LogP contribution < -0.4 is 11.3 Å². The maximum absolute atomic E-state index is 11.9. The standard InChI is InChI=1S/C12H15N3O7/c13-12-14-11(21)5(3-15(12)2-1-7(17)18)10-9(20)8(19)6(4-16)22-10/h1-3,6,8-10,16,19-20H,4H2,(H,17,18)(H2,13,14,21). The van der Waals surface area contributed by atoms with E-state index >= 15 is 0 Å². The summed E-state index contributed by atoms with van der Waals surface area (Å²) < 4.78 is 6.31. The van der Waals surface area contributed by atoms with Crippen LogP contribution in [-0.2, 0) is 9.53 Å². The Morgan fingerprint density at radius 1 is 1.45 bits per heavy atom. The first kappa shape index (κ1) is 16.1. The predicted molar refractivity (Wildman–Crippen MR) is 72.6 cm³/mol. The molecule has 0 spiro atoms. The van der Waals surface area contributed by atoms with Crippen molar-refractivity contribution in [1.29, 1.82) is 0 Å². The van der Waals surface area contributed by atoms with Gasteiger partial charge in [-0.3, -0.25) is 9.36 Å². The molecule has 2 rings (SSSR count). The molecule has 1 aliphatic rings. The fraction of sp³-hybridized carbons (Fsp3) is 0.417. The van der Waals surface area contributed by atoms with Gasteiger partial charge in [-0.25, -0.2) is 4.79 Å². The topological polar surface area (TPSA) is 168 Å². The summed E-state index contributed by atoms with van der Waals surface area (Å²) in [5.74, 6) is -1.48. The Labute approximate surface area is 123 Å². The maximum atomic E-state index is 11.9. The summed E-state index contributed by atoms with van der Waals surface area (Å²) in [5, 5.41) is 37.2. The summed E-state index contributed by atoms with van der Waals surface area (Å²) in [7, 11) is 0. The van der Waals surface area contributed by atoms with Gasteiger partial charge in [0.2, 0.25) is 5.95 Å². The van der Waals surface area contributed by atoms with Crippen molar-refractivity contribution in [3.05, 3.63) is 28.2 Å². The SMILES string of the molecule is Nc1nc(=O)c(C2OC(CO)C(O)C2O)cn1C=CC(=O)O. The zero-order valence-corrected chi connectivity index (χ0v) is 11.2. The van der Waals surface area contributed by atoms with Gasteiger partial charge < -0.3 is 30.9 Å². The first-order valence-corrected chi connectivity index (χ1v) is 6.27. The summed E-state index contributed by atoms with van der Waals surface area (Å²) >= 11 is 0. The highest BCUT2D eigenvalue weighted by Gasteiger charge is 2.44. The largest absolute Gasteiger partial charge is 0.478 e. The summed E-state index contributed by atoms with van der Waals surface area (Å²) in [6.07, 6.45) is -2.05. The molecule has 0 saturated carbocycles. The molecule has 22 heavy (non-hydrogen) atoms. The van der Waals surface area contributed by atoms with Crippen LogP contribution in [0, 0.1) is 0 Å². The van der Waals surface area contributed by atoms with Crippen LogP contribution in [0.25, 0.3) is 6.20 Å². The van der Waals surface area contributed by atoms with Gasteiger partial charge in [0, 0.05) is 18.5 Å². The molecular formula is C12H15N3O7. The monoisotopic (exact) mass is 313 g/mol. The molecule has 0 bridgehead atoms. The van der Waals surface area contributed by atoms with Crippen molar-refractivity contribution in [3.63, 3.8) is 0 Å². The second kappa shape index (κ2) is 6.23. The van der Waals surface area contributed by atoms with E-state index in [0.29, 0.717) is 0 Å². The Morgan fingerprint density at radius 2 is 2.14 bits per heavy atom. The van der Waals surface area contributed by atoms with E-state index in [1.54, 1.807) is 0 Å². The lowest BCUT2D eigenvalue weighted by molar-refractivity contribution is -0.131. The van der Waals surface area contributed by atoms with Crippen molar-refractivity contribution in [2.45, 2.75) is 24.4 Å². The molecule has 1 aromatic heterocycles. The zero-order chi connectivity index (χ0) is 16.4. The fourth-order valence-electron chi connectivity index (χ4n) is 2.11. The molecule has 0 amide bonds. The minimum atomic E-state index is -1.44. The second-order valence-corrected chi connectivity index (χ2v) is 4.68. The third-order valence-corrected chi connectivity index (χ3v) is 3.23. The van der Waals surface area contributed by atoms with Crippen LogP contribution in [-0.4, -0.2) is 60.9 Å². The number of hydrogen-bond donors (Lipinski definition) is 5. The van der Waals surface area contributed by atoms with Crippen LogP contribution in [0.4, 0.5) is 5.95 Å². The minimum Gasteiger partial charge on any atom is -0.478 e. The molecule has 2 heterocycles. The number of rotatable bonds is 4. The van der Waals surface area contributed by atoms with Gasteiger partial charge in [0.05, 0.1) is 12.2 Å². The Balaban J connectivity index is 2.41. The number of carbonyl (C=O) groups is 1. The first-order chi connectivity index (χ1) is 10.3. The number of carboxylic acid groups (broad SMARTS) is 1. The molecule has 1 aromatic rings. The average Bonchev–Trinajstić information content (AvgIpc) is 2.74. The third kappa shape index (κ3) is 2.99. The summed E-state index contributed by atoms with van der Waals surface area (Å²) in [5.41, 5.74) is 4.60. The van der Waals surface area contributed by atoms with E-state index < -0.39 is 42.6 Å². The van der Waals surface area contributed by atoms with Gasteiger partial charge in [-0.2, -0.15) is 4.98 Å². The molecule has 4 unspecified atom stereocenters. The van der Waals surface area contributed by atoms with Gasteiger partial charge in [-0.05, 0) is 0 Å². The minimum absolute atomic E-state index is 0.119. The lowest BCUT2D eigenvalue weighted by Gasteiger charge is -2.15. The third-order valence-electron chi connectivity index (χ3n) is 3.23. The van der Waals surface area contributed by atoms with E-state index in [-0.39, 0.29) is 11.5 Å². The van der Waals surface area contributed by atoms with Crippen molar-refractivity contribution in [2.24, 2.45) is 0 Å². The molecule has 1 fully saturated rings. The number of hydrogen-bond acceptors (Lipinski definition) is 8. The van der Waals surface area contributed by atoms with Crippen LogP contribution in [0.5, 0.6) is 0 Å². The molecule has 10 nitrogen and oxygen atoms in total. The number of aliphatic carboxylic acids is 1. The van der Waals surface area contributed by atoms with Crippen molar-refractivity contribution in [1.82, 2.24) is 9.55 Å². The number of anilines is 1. The number of aliphatic hydroxyl groups excluding tert-OH is 3. The Hall–Kier alpha value is -2.27. The Kier molecular flexibility index (Phi) is 4.56. The quantitative estimate of drug-likeness (QED) is 0.378. The van der Waals surface area contributed by atoms with E-state index in [1.165, 1.54) is 0 Å². The number of ether oxygens (including phenoxy) is 1. The number of nitrogen functional groups attached to an aromatic ring is 1. The molecule has 0 aliphatic carbocycles. The first-order valence-electron chi connectivity index (χ1n) is 6.27. The van der Waals surface area contributed by atoms with E-state index in [2.05, 4.69) is 4.98 Å². The Morgan fingerprint density at radius 3 is 2.68 bits per heavy atom. The van der Waals surface area contributed by atoms with E-state index in [4.69, 9.17) is 20.7 Å². The normalized spacial score (nSPS) is 28.3. The highest BCUT2D eigenvalue weighted by atomic mass is 16.6. The van der Waals surface area contributed by atoms with E-state index in [9.17, 15) is 19.8 Å². The maximum Gasteiger partial charge on any atom is 0.329 e. The molecule has 1 aliphatic heterocycles. The van der Waals surface area contributed by atoms with Crippen LogP contribution in [0.15, 0.2) is 17.1 Å². The van der Waals surface area contributed by atoms with Crippen molar-refractivity contribution in [3.8, 4) is 0 Å². The lowest BCUT2D eigenvalue weighted by Crippen LogP contribution is -2.33. The van der Waals surface area contributed by atoms with E-state index in [1.807, 2.05) is 0 Å². The van der Waals surface area contributed by atoms with Crippen LogP contribution >= 0.6 is 0 Å². The van der Waals surface area contributed by atoms with Gasteiger partial charge in [-0.15, -0.1) is 0 Å². The molecule has 0 radical (unpaired) electrons. The second-order valence-electron chi connectivity index (χ2n) is 4.68. The fourth-order valence-corrected chi connectivity index (χ4v) is 2.11. The van der Waals surface area contributed by atoms with Gasteiger partial charge >= 0.3 is 5.97 Å². The molecule has 4 atom stereocenters. The van der Waals surface area contributed by atoms with Gasteiger partial charge in [0.15, 0.2) is 0 Å². The molecule has 0 aromatic carbocycles. The number of nitrogens with two attached hydrogens (primary N) is 1. The van der Waals surface area contributed by atoms with Crippen molar-refractivity contribution < 1.29 is 30.0 Å². The number of carboxylic acids is 1. The lowest BCUT2D eigenvalue weighted by atomic mass is 10.0. The molecule has 6 N–H and O–H groups in total. The van der Waals surface area contributed by atoms with Crippen molar-refractivity contribution >= 4 is 18.1 Å². The van der Waals surface area contributed by atoms with E-state index in [0.717, 1.165) is 23.0 Å². The summed E-state index contributed by atoms with van der Waals surface area (Å²) in [6.45, 7) is -0.537. The smallest absolute Gasteiger partial charge is 0.329 e. The van der Waals surface area contributed by atoms with Crippen molar-refractivity contribution in [2.75, 3.05) is 12.3 Å². The molecule has 1 saturated heterocycles. The summed E-state index contributed by atoms with van der Waals surface area (Å²) in [4.78, 5) is 25.9. The molecule has 120 valence electrons. The average molecular weight is 313 g/mol. The van der Waals surface area contributed by atoms with Gasteiger partial charge in [-0.1, -0.05) is 0 Å². The summed E-state index contributed by atoms with van der Waals surface area (Å²) in [6, 6.07) is 0. The highest BCUT2D eigenvalue weighted by Crippen LogP contribution is 2.31. The molecule has 10 heteroatoms.